The molecular formula is C16H20F3N3O2. The molecule has 1 fully saturated rings. The molecule has 2 rings (SSSR count). The topological polar surface area (TPSA) is 52.7 Å². The first-order valence-corrected chi connectivity index (χ1v) is 7.66. The van der Waals surface area contributed by atoms with E-state index in [4.69, 9.17) is 0 Å². The summed E-state index contributed by atoms with van der Waals surface area (Å²) >= 11 is 0. The van der Waals surface area contributed by atoms with Gasteiger partial charge in [-0.25, -0.2) is 0 Å². The maximum absolute atomic E-state index is 12.7. The Bertz CT molecular complexity index is 611. The lowest BCUT2D eigenvalue weighted by atomic mass is 10.1. The molecule has 1 saturated heterocycles. The Morgan fingerprint density at radius 2 is 1.79 bits per heavy atom. The van der Waals surface area contributed by atoms with Gasteiger partial charge in [0.25, 0.3) is 0 Å². The highest BCUT2D eigenvalue weighted by molar-refractivity contribution is 5.94. The second kappa shape index (κ2) is 7.21. The molecule has 0 aliphatic carbocycles. The van der Waals surface area contributed by atoms with Crippen molar-refractivity contribution in [2.75, 3.05) is 31.5 Å². The second-order valence-corrected chi connectivity index (χ2v) is 5.79. The lowest BCUT2D eigenvalue weighted by Crippen LogP contribution is -2.53. The number of hydrogen-bond donors (Lipinski definition) is 1. The van der Waals surface area contributed by atoms with Crippen molar-refractivity contribution in [3.05, 3.63) is 29.8 Å². The van der Waals surface area contributed by atoms with Gasteiger partial charge in [0.05, 0.1) is 11.6 Å². The Balaban J connectivity index is 1.96. The van der Waals surface area contributed by atoms with Gasteiger partial charge < -0.3 is 10.2 Å². The maximum atomic E-state index is 12.7. The molecule has 1 heterocycles. The first-order chi connectivity index (χ1) is 11.2. The fourth-order valence-electron chi connectivity index (χ4n) is 2.61. The maximum Gasteiger partial charge on any atom is 0.416 e. The summed E-state index contributed by atoms with van der Waals surface area (Å²) in [5.74, 6) is -0.374. The van der Waals surface area contributed by atoms with Gasteiger partial charge in [-0.3, -0.25) is 14.5 Å². The van der Waals surface area contributed by atoms with Gasteiger partial charge in [-0.15, -0.1) is 0 Å². The first kappa shape index (κ1) is 18.3. The van der Waals surface area contributed by atoms with E-state index in [0.717, 1.165) is 12.1 Å². The van der Waals surface area contributed by atoms with Crippen LogP contribution in [0.3, 0.4) is 0 Å². The number of benzene rings is 1. The van der Waals surface area contributed by atoms with Crippen LogP contribution in [0.1, 0.15) is 19.4 Å². The molecule has 24 heavy (non-hydrogen) atoms. The van der Waals surface area contributed by atoms with Crippen molar-refractivity contribution >= 4 is 17.5 Å². The van der Waals surface area contributed by atoms with Gasteiger partial charge in [-0.05, 0) is 25.1 Å². The predicted octanol–water partition coefficient (Wildman–Crippen LogP) is 2.20. The lowest BCUT2D eigenvalue weighted by Gasteiger charge is -2.37. The van der Waals surface area contributed by atoms with E-state index in [1.54, 1.807) is 11.8 Å². The number of hydrogen-bond acceptors (Lipinski definition) is 3. The van der Waals surface area contributed by atoms with E-state index < -0.39 is 17.8 Å². The van der Waals surface area contributed by atoms with Gasteiger partial charge in [-0.2, -0.15) is 13.2 Å². The van der Waals surface area contributed by atoms with Gasteiger partial charge in [0, 0.05) is 38.8 Å². The molecule has 0 saturated carbocycles. The fourth-order valence-corrected chi connectivity index (χ4v) is 2.61. The third-order valence-electron chi connectivity index (χ3n) is 4.14. The van der Waals surface area contributed by atoms with Crippen molar-refractivity contribution in [1.82, 2.24) is 9.80 Å². The summed E-state index contributed by atoms with van der Waals surface area (Å²) < 4.78 is 38.1. The van der Waals surface area contributed by atoms with E-state index in [1.807, 2.05) is 4.90 Å². The Morgan fingerprint density at radius 1 is 1.17 bits per heavy atom. The minimum Gasteiger partial charge on any atom is -0.340 e. The summed E-state index contributed by atoms with van der Waals surface area (Å²) in [5.41, 5.74) is -0.688. The van der Waals surface area contributed by atoms with E-state index >= 15 is 0 Å². The van der Waals surface area contributed by atoms with Crippen molar-refractivity contribution in [2.45, 2.75) is 26.1 Å². The van der Waals surface area contributed by atoms with Crippen LogP contribution in [0.25, 0.3) is 0 Å². The average Bonchev–Trinajstić information content (AvgIpc) is 2.53. The number of rotatable bonds is 3. The predicted molar refractivity (Wildman–Crippen MR) is 83.4 cm³/mol. The van der Waals surface area contributed by atoms with Gasteiger partial charge in [0.2, 0.25) is 11.8 Å². The van der Waals surface area contributed by atoms with Gasteiger partial charge >= 0.3 is 6.18 Å². The smallest absolute Gasteiger partial charge is 0.340 e. The third-order valence-corrected chi connectivity index (χ3v) is 4.14. The average molecular weight is 343 g/mol. The van der Waals surface area contributed by atoms with Crippen LogP contribution >= 0.6 is 0 Å². The number of carbonyl (C=O) groups is 2. The Kier molecular flexibility index (Phi) is 5.48. The molecule has 2 amide bonds. The molecule has 1 aliphatic heterocycles. The first-order valence-electron chi connectivity index (χ1n) is 7.66. The monoisotopic (exact) mass is 343 g/mol. The zero-order chi connectivity index (χ0) is 17.9. The molecule has 0 radical (unpaired) electrons. The molecular weight excluding hydrogens is 323 g/mol. The lowest BCUT2D eigenvalue weighted by molar-refractivity contribution is -0.137. The second-order valence-electron chi connectivity index (χ2n) is 5.79. The number of halogens is 3. The highest BCUT2D eigenvalue weighted by Crippen LogP contribution is 2.30. The number of amides is 2. The van der Waals surface area contributed by atoms with E-state index in [0.29, 0.717) is 26.2 Å². The van der Waals surface area contributed by atoms with Crippen molar-refractivity contribution in [2.24, 2.45) is 0 Å². The van der Waals surface area contributed by atoms with Crippen LogP contribution in [-0.2, 0) is 15.8 Å². The van der Waals surface area contributed by atoms with Gasteiger partial charge in [0.1, 0.15) is 0 Å². The normalized spacial score (nSPS) is 17.5. The van der Waals surface area contributed by atoms with Crippen LogP contribution in [0.15, 0.2) is 24.3 Å². The number of carbonyl (C=O) groups excluding carboxylic acids is 2. The van der Waals surface area contributed by atoms with Crippen LogP contribution in [-0.4, -0.2) is 53.8 Å². The highest BCUT2D eigenvalue weighted by Gasteiger charge is 2.31. The highest BCUT2D eigenvalue weighted by atomic mass is 19.4. The zero-order valence-corrected chi connectivity index (χ0v) is 13.6. The van der Waals surface area contributed by atoms with E-state index in [2.05, 4.69) is 5.32 Å². The van der Waals surface area contributed by atoms with Crippen molar-refractivity contribution in [3.63, 3.8) is 0 Å². The minimum absolute atomic E-state index is 0.00396. The number of anilines is 1. The summed E-state index contributed by atoms with van der Waals surface area (Å²) in [4.78, 5) is 27.2. The van der Waals surface area contributed by atoms with Crippen LogP contribution in [0.5, 0.6) is 0 Å². The summed E-state index contributed by atoms with van der Waals surface area (Å²) in [6.45, 7) is 5.38. The molecule has 5 nitrogen and oxygen atoms in total. The number of piperazine rings is 1. The summed E-state index contributed by atoms with van der Waals surface area (Å²) in [6, 6.07) is 4.06. The summed E-state index contributed by atoms with van der Waals surface area (Å²) in [6.07, 6.45) is -4.45. The standard InChI is InChI=1S/C16H20F3N3O2/c1-11(21-6-8-22(9-7-21)12(2)23)15(24)20-14-5-3-4-13(10-14)16(17,18)19/h3-5,10-11H,6-9H2,1-2H3,(H,20,24)/t11-/m0/s1. The summed E-state index contributed by atoms with van der Waals surface area (Å²) in [7, 11) is 0. The van der Waals surface area contributed by atoms with Gasteiger partial charge in [-0.1, -0.05) is 6.07 Å². The van der Waals surface area contributed by atoms with E-state index in [9.17, 15) is 22.8 Å². The van der Waals surface area contributed by atoms with E-state index in [-0.39, 0.29) is 17.5 Å². The number of alkyl halides is 3. The Labute approximate surface area is 138 Å². The van der Waals surface area contributed by atoms with Crippen LogP contribution in [0.4, 0.5) is 18.9 Å². The molecule has 0 spiro atoms. The van der Waals surface area contributed by atoms with E-state index in [1.165, 1.54) is 19.1 Å². The van der Waals surface area contributed by atoms with Gasteiger partial charge in [0.15, 0.2) is 0 Å². The zero-order valence-electron chi connectivity index (χ0n) is 13.6. The molecule has 0 bridgehead atoms. The van der Waals surface area contributed by atoms with Crippen molar-refractivity contribution < 1.29 is 22.8 Å². The Morgan fingerprint density at radius 3 is 2.33 bits per heavy atom. The quantitative estimate of drug-likeness (QED) is 0.915. The molecule has 8 heteroatoms. The molecule has 0 unspecified atom stereocenters. The minimum atomic E-state index is -4.45. The largest absolute Gasteiger partial charge is 0.416 e. The molecule has 1 aromatic rings. The number of nitrogens with one attached hydrogen (secondary N) is 1. The molecule has 132 valence electrons. The fraction of sp³-hybridized carbons (Fsp3) is 0.500. The molecule has 0 aromatic heterocycles. The third kappa shape index (κ3) is 4.47. The van der Waals surface area contributed by atoms with Crippen LogP contribution < -0.4 is 5.32 Å². The molecule has 1 N–H and O–H groups in total. The molecule has 1 atom stereocenters. The summed E-state index contributed by atoms with van der Waals surface area (Å²) in [5, 5.41) is 2.52. The van der Waals surface area contributed by atoms with Crippen LogP contribution in [0.2, 0.25) is 0 Å². The molecule has 1 aromatic carbocycles. The Hall–Kier alpha value is -2.09. The number of nitrogens with zero attached hydrogens (tertiary/aromatic N) is 2. The molecule has 1 aliphatic rings. The van der Waals surface area contributed by atoms with Crippen LogP contribution in [0, 0.1) is 0 Å². The van der Waals surface area contributed by atoms with Crippen molar-refractivity contribution in [1.29, 1.82) is 0 Å². The van der Waals surface area contributed by atoms with Crippen molar-refractivity contribution in [3.8, 4) is 0 Å². The SMILES string of the molecule is CC(=O)N1CCN([C@@H](C)C(=O)Nc2cccc(C(F)(F)F)c2)CC1.